The van der Waals surface area contributed by atoms with Crippen LogP contribution in [0.2, 0.25) is 0 Å². The molecule has 0 bridgehead atoms. The Morgan fingerprint density at radius 3 is 2.64 bits per heavy atom. The number of rotatable bonds is 1. The largest absolute Gasteiger partial charge is 0.107 e. The van der Waals surface area contributed by atoms with Gasteiger partial charge in [0, 0.05) is 11.2 Å². The standard InChI is InChI=1S/C10H15Br/c1-3-4-5-9-6-7-10(11)8(9)2/h8-10H,5-7H2,1-2H3. The van der Waals surface area contributed by atoms with E-state index in [1.54, 1.807) is 0 Å². The lowest BCUT2D eigenvalue weighted by molar-refractivity contribution is 0.436. The Kier molecular flexibility index (Phi) is 3.45. The van der Waals surface area contributed by atoms with Gasteiger partial charge in [-0.1, -0.05) is 22.9 Å². The zero-order chi connectivity index (χ0) is 8.27. The van der Waals surface area contributed by atoms with Crippen LogP contribution in [0.1, 0.15) is 33.1 Å². The van der Waals surface area contributed by atoms with Gasteiger partial charge in [0.1, 0.15) is 0 Å². The van der Waals surface area contributed by atoms with Gasteiger partial charge in [0.25, 0.3) is 0 Å². The summed E-state index contributed by atoms with van der Waals surface area (Å²) < 4.78 is 0. The zero-order valence-electron chi connectivity index (χ0n) is 7.23. The molecule has 0 saturated heterocycles. The number of alkyl halides is 1. The molecular formula is C10H15Br. The maximum absolute atomic E-state index is 3.69. The molecule has 0 nitrogen and oxygen atoms in total. The minimum absolute atomic E-state index is 0.742. The van der Waals surface area contributed by atoms with Crippen LogP contribution in [0.5, 0.6) is 0 Å². The fourth-order valence-corrected chi connectivity index (χ4v) is 2.41. The van der Waals surface area contributed by atoms with Crippen molar-refractivity contribution in [3.8, 4) is 11.8 Å². The van der Waals surface area contributed by atoms with Crippen LogP contribution in [0.4, 0.5) is 0 Å². The van der Waals surface area contributed by atoms with E-state index in [1.165, 1.54) is 12.8 Å². The highest BCUT2D eigenvalue weighted by molar-refractivity contribution is 9.09. The van der Waals surface area contributed by atoms with Crippen LogP contribution in [-0.2, 0) is 0 Å². The van der Waals surface area contributed by atoms with E-state index in [-0.39, 0.29) is 0 Å². The molecule has 0 aromatic rings. The summed E-state index contributed by atoms with van der Waals surface area (Å²) in [6.07, 6.45) is 3.78. The Hall–Kier alpha value is 0.0400. The van der Waals surface area contributed by atoms with Gasteiger partial charge in [-0.25, -0.2) is 0 Å². The minimum atomic E-state index is 0.742. The lowest BCUT2D eigenvalue weighted by Gasteiger charge is -2.13. The molecule has 62 valence electrons. The molecule has 0 heterocycles. The molecule has 1 aliphatic carbocycles. The molecule has 11 heavy (non-hydrogen) atoms. The molecule has 1 rings (SSSR count). The Morgan fingerprint density at radius 1 is 1.45 bits per heavy atom. The van der Waals surface area contributed by atoms with Crippen LogP contribution >= 0.6 is 15.9 Å². The van der Waals surface area contributed by atoms with Gasteiger partial charge in [-0.05, 0) is 31.6 Å². The summed E-state index contributed by atoms with van der Waals surface area (Å²) in [6.45, 7) is 4.25. The maximum atomic E-state index is 3.69. The van der Waals surface area contributed by atoms with Crippen LogP contribution < -0.4 is 0 Å². The SMILES string of the molecule is CC#CCC1CCC(Br)C1C. The van der Waals surface area contributed by atoms with E-state index >= 15 is 0 Å². The zero-order valence-corrected chi connectivity index (χ0v) is 8.82. The predicted octanol–water partition coefficient (Wildman–Crippen LogP) is 3.21. The number of hydrogen-bond acceptors (Lipinski definition) is 0. The monoisotopic (exact) mass is 214 g/mol. The van der Waals surface area contributed by atoms with Gasteiger partial charge in [0.15, 0.2) is 0 Å². The second-order valence-electron chi connectivity index (χ2n) is 3.34. The molecule has 1 fully saturated rings. The molecule has 1 aliphatic rings. The molecule has 0 amide bonds. The van der Waals surface area contributed by atoms with E-state index < -0.39 is 0 Å². The van der Waals surface area contributed by atoms with Crippen LogP contribution in [0, 0.1) is 23.7 Å². The fourth-order valence-electron chi connectivity index (χ4n) is 1.72. The summed E-state index contributed by atoms with van der Waals surface area (Å²) in [6, 6.07) is 0. The Labute approximate surface area is 77.9 Å². The molecule has 0 N–H and O–H groups in total. The van der Waals surface area contributed by atoms with Gasteiger partial charge in [-0.2, -0.15) is 0 Å². The summed E-state index contributed by atoms with van der Waals surface area (Å²) in [5.41, 5.74) is 0. The molecule has 0 radical (unpaired) electrons. The van der Waals surface area contributed by atoms with Crippen LogP contribution in [0.3, 0.4) is 0 Å². The van der Waals surface area contributed by atoms with E-state index in [9.17, 15) is 0 Å². The summed E-state index contributed by atoms with van der Waals surface area (Å²) >= 11 is 3.69. The predicted molar refractivity (Wildman–Crippen MR) is 52.7 cm³/mol. The molecular weight excluding hydrogens is 200 g/mol. The summed E-state index contributed by atoms with van der Waals surface area (Å²) in [5.74, 6) is 7.79. The van der Waals surface area contributed by atoms with E-state index in [2.05, 4.69) is 34.7 Å². The number of hydrogen-bond donors (Lipinski definition) is 0. The maximum Gasteiger partial charge on any atom is 0.0174 e. The number of halogens is 1. The summed E-state index contributed by atoms with van der Waals surface area (Å²) in [4.78, 5) is 0.742. The highest BCUT2D eigenvalue weighted by Crippen LogP contribution is 2.37. The second-order valence-corrected chi connectivity index (χ2v) is 4.52. The molecule has 0 aromatic carbocycles. The Balaban J connectivity index is 2.40. The van der Waals surface area contributed by atoms with Crippen LogP contribution in [0.25, 0.3) is 0 Å². The molecule has 0 aromatic heterocycles. The molecule has 0 spiro atoms. The van der Waals surface area contributed by atoms with Gasteiger partial charge < -0.3 is 0 Å². The van der Waals surface area contributed by atoms with Crippen LogP contribution in [0.15, 0.2) is 0 Å². The van der Waals surface area contributed by atoms with Crippen molar-refractivity contribution in [3.63, 3.8) is 0 Å². The fraction of sp³-hybridized carbons (Fsp3) is 0.800. The minimum Gasteiger partial charge on any atom is -0.107 e. The van der Waals surface area contributed by atoms with Crippen molar-refractivity contribution < 1.29 is 0 Å². The summed E-state index contributed by atoms with van der Waals surface area (Å²) in [5, 5.41) is 0. The van der Waals surface area contributed by atoms with Crippen molar-refractivity contribution >= 4 is 15.9 Å². The van der Waals surface area contributed by atoms with E-state index in [1.807, 2.05) is 6.92 Å². The lowest BCUT2D eigenvalue weighted by Crippen LogP contribution is -2.09. The first-order valence-electron chi connectivity index (χ1n) is 4.29. The van der Waals surface area contributed by atoms with E-state index in [0.29, 0.717) is 0 Å². The second kappa shape index (κ2) is 4.16. The van der Waals surface area contributed by atoms with Crippen molar-refractivity contribution in [1.82, 2.24) is 0 Å². The van der Waals surface area contributed by atoms with Gasteiger partial charge in [0.05, 0.1) is 0 Å². The smallest absolute Gasteiger partial charge is 0.0174 e. The van der Waals surface area contributed by atoms with Crippen molar-refractivity contribution in [1.29, 1.82) is 0 Å². The van der Waals surface area contributed by atoms with Gasteiger partial charge in [0.2, 0.25) is 0 Å². The van der Waals surface area contributed by atoms with Crippen molar-refractivity contribution in [3.05, 3.63) is 0 Å². The first kappa shape index (κ1) is 9.13. The molecule has 3 atom stereocenters. The van der Waals surface area contributed by atoms with E-state index in [4.69, 9.17) is 0 Å². The van der Waals surface area contributed by atoms with Gasteiger partial charge in [-0.3, -0.25) is 0 Å². The topological polar surface area (TPSA) is 0 Å². The molecule has 1 saturated carbocycles. The average molecular weight is 215 g/mol. The molecule has 3 unspecified atom stereocenters. The van der Waals surface area contributed by atoms with E-state index in [0.717, 1.165) is 23.1 Å². The van der Waals surface area contributed by atoms with Crippen molar-refractivity contribution in [2.24, 2.45) is 11.8 Å². The van der Waals surface area contributed by atoms with Gasteiger partial charge >= 0.3 is 0 Å². The normalized spacial score (nSPS) is 36.5. The quantitative estimate of drug-likeness (QED) is 0.465. The molecule has 0 aliphatic heterocycles. The third-order valence-corrected chi connectivity index (χ3v) is 3.96. The Bertz CT molecular complexity index is 175. The van der Waals surface area contributed by atoms with Crippen LogP contribution in [-0.4, -0.2) is 4.83 Å². The molecule has 1 heteroatoms. The highest BCUT2D eigenvalue weighted by atomic mass is 79.9. The Morgan fingerprint density at radius 2 is 2.18 bits per heavy atom. The lowest BCUT2D eigenvalue weighted by atomic mass is 9.95. The third-order valence-electron chi connectivity index (χ3n) is 2.67. The first-order valence-corrected chi connectivity index (χ1v) is 5.21. The third kappa shape index (κ3) is 2.24. The van der Waals surface area contributed by atoms with Gasteiger partial charge in [-0.15, -0.1) is 11.8 Å². The first-order chi connectivity index (χ1) is 5.25. The highest BCUT2D eigenvalue weighted by Gasteiger charge is 2.29. The van der Waals surface area contributed by atoms with Crippen molar-refractivity contribution in [2.75, 3.05) is 0 Å². The summed E-state index contributed by atoms with van der Waals surface area (Å²) in [7, 11) is 0. The van der Waals surface area contributed by atoms with Crippen molar-refractivity contribution in [2.45, 2.75) is 37.9 Å². The average Bonchev–Trinajstić information content (AvgIpc) is 2.31.